The molecule has 0 aromatic heterocycles. The Hall–Kier alpha value is -3.40. The third-order valence-corrected chi connectivity index (χ3v) is 4.49. The highest BCUT2D eigenvalue weighted by Crippen LogP contribution is 2.25. The Morgan fingerprint density at radius 3 is 2.32 bits per heavy atom. The van der Waals surface area contributed by atoms with Crippen LogP contribution in [0.25, 0.3) is 0 Å². The molecule has 164 valence electrons. The van der Waals surface area contributed by atoms with Gasteiger partial charge in [0.1, 0.15) is 5.75 Å². The van der Waals surface area contributed by atoms with Crippen LogP contribution in [-0.2, 0) is 20.9 Å². The van der Waals surface area contributed by atoms with Gasteiger partial charge in [0.15, 0.2) is 0 Å². The number of rotatable bonds is 7. The summed E-state index contributed by atoms with van der Waals surface area (Å²) >= 11 is 0. The van der Waals surface area contributed by atoms with Crippen LogP contribution in [0.15, 0.2) is 48.5 Å². The predicted octanol–water partition coefficient (Wildman–Crippen LogP) is 3.18. The summed E-state index contributed by atoms with van der Waals surface area (Å²) in [5.74, 6) is -1.70. The van der Waals surface area contributed by atoms with Gasteiger partial charge in [0, 0.05) is 6.54 Å². The Balaban J connectivity index is 1.61. The van der Waals surface area contributed by atoms with Gasteiger partial charge in [-0.2, -0.15) is 0 Å². The molecule has 1 aliphatic rings. The van der Waals surface area contributed by atoms with E-state index in [4.69, 9.17) is 4.74 Å². The molecule has 0 radical (unpaired) electrons. The number of carbonyl (C=O) groups is 3. The number of esters is 1. The van der Waals surface area contributed by atoms with Gasteiger partial charge in [-0.1, -0.05) is 12.1 Å². The van der Waals surface area contributed by atoms with Crippen LogP contribution < -0.4 is 15.0 Å². The van der Waals surface area contributed by atoms with Crippen molar-refractivity contribution in [3.63, 3.8) is 0 Å². The highest BCUT2D eigenvalue weighted by Gasteiger charge is 2.39. The highest BCUT2D eigenvalue weighted by molar-refractivity contribution is 6.22. The van der Waals surface area contributed by atoms with Gasteiger partial charge in [-0.15, -0.1) is 13.2 Å². The molecule has 2 amide bonds. The highest BCUT2D eigenvalue weighted by atomic mass is 19.4. The van der Waals surface area contributed by atoms with E-state index < -0.39 is 30.2 Å². The number of anilines is 1. The Kier molecular flexibility index (Phi) is 6.59. The lowest BCUT2D eigenvalue weighted by Crippen LogP contribution is -2.38. The van der Waals surface area contributed by atoms with E-state index in [0.717, 1.165) is 4.90 Å². The summed E-state index contributed by atoms with van der Waals surface area (Å²) in [6.45, 7) is 2.09. The van der Waals surface area contributed by atoms with Crippen molar-refractivity contribution in [2.24, 2.45) is 0 Å². The van der Waals surface area contributed by atoms with Gasteiger partial charge in [0.2, 0.25) is 5.91 Å². The monoisotopic (exact) mass is 436 g/mol. The molecule has 1 aliphatic heterocycles. The number of hydrogen-bond acceptors (Lipinski definition) is 6. The van der Waals surface area contributed by atoms with Gasteiger partial charge in [-0.05, 0) is 48.9 Å². The molecule has 1 unspecified atom stereocenters. The van der Waals surface area contributed by atoms with Gasteiger partial charge in [-0.25, -0.2) is 9.69 Å². The molecule has 1 N–H and O–H groups in total. The first-order valence-corrected chi connectivity index (χ1v) is 9.40. The fourth-order valence-electron chi connectivity index (χ4n) is 3.07. The second-order valence-corrected chi connectivity index (χ2v) is 6.66. The number of benzene rings is 2. The summed E-state index contributed by atoms with van der Waals surface area (Å²) in [6, 6.07) is 10.4. The number of carbonyl (C=O) groups excluding carboxylic acids is 3. The molecule has 0 saturated carbocycles. The molecule has 10 heteroatoms. The predicted molar refractivity (Wildman–Crippen MR) is 103 cm³/mol. The van der Waals surface area contributed by atoms with Crippen LogP contribution in [0.1, 0.15) is 29.3 Å². The molecule has 7 nitrogen and oxygen atoms in total. The zero-order valence-corrected chi connectivity index (χ0v) is 16.4. The third-order valence-electron chi connectivity index (χ3n) is 4.49. The van der Waals surface area contributed by atoms with Crippen molar-refractivity contribution in [2.45, 2.75) is 32.3 Å². The molecule has 2 aromatic carbocycles. The smallest absolute Gasteiger partial charge is 0.462 e. The van der Waals surface area contributed by atoms with Crippen LogP contribution in [0, 0.1) is 0 Å². The second-order valence-electron chi connectivity index (χ2n) is 6.66. The maximum atomic E-state index is 12.7. The average molecular weight is 436 g/mol. The van der Waals surface area contributed by atoms with Gasteiger partial charge in [0.05, 0.1) is 30.3 Å². The quantitative estimate of drug-likeness (QED) is 0.530. The summed E-state index contributed by atoms with van der Waals surface area (Å²) in [5, 5.41) is 2.94. The van der Waals surface area contributed by atoms with Crippen LogP contribution in [-0.4, -0.2) is 36.8 Å². The van der Waals surface area contributed by atoms with Crippen molar-refractivity contribution in [3.05, 3.63) is 59.7 Å². The molecular weight excluding hydrogens is 417 g/mol. The van der Waals surface area contributed by atoms with Gasteiger partial charge < -0.3 is 14.8 Å². The van der Waals surface area contributed by atoms with Crippen molar-refractivity contribution >= 4 is 23.5 Å². The first kappa shape index (κ1) is 22.3. The molecule has 3 rings (SSSR count). The number of alkyl halides is 3. The maximum Gasteiger partial charge on any atom is 0.573 e. The first-order chi connectivity index (χ1) is 14.7. The van der Waals surface area contributed by atoms with Crippen LogP contribution in [0.5, 0.6) is 5.75 Å². The molecule has 1 atom stereocenters. The van der Waals surface area contributed by atoms with Crippen molar-refractivity contribution in [1.82, 2.24) is 5.32 Å². The first-order valence-electron chi connectivity index (χ1n) is 9.40. The van der Waals surface area contributed by atoms with Crippen molar-refractivity contribution in [1.29, 1.82) is 0 Å². The molecular formula is C21H19F3N2O5. The maximum absolute atomic E-state index is 12.7. The zero-order chi connectivity index (χ0) is 22.6. The zero-order valence-electron chi connectivity index (χ0n) is 16.4. The topological polar surface area (TPSA) is 84.9 Å². The molecule has 31 heavy (non-hydrogen) atoms. The van der Waals surface area contributed by atoms with Gasteiger partial charge in [-0.3, -0.25) is 9.59 Å². The number of amides is 2. The van der Waals surface area contributed by atoms with Gasteiger partial charge >= 0.3 is 12.3 Å². The lowest BCUT2D eigenvalue weighted by Gasteiger charge is -2.16. The number of nitrogens with one attached hydrogen (secondary N) is 1. The van der Waals surface area contributed by atoms with Crippen molar-refractivity contribution in [2.75, 3.05) is 11.5 Å². The standard InChI is InChI=1S/C21H19F3N2O5/c1-2-30-20(29)14-5-7-15(8-6-14)26-18(27)11-17(19(26)28)25-12-13-3-9-16(10-4-13)31-21(22,23)24/h3-10,17,25H,2,11-12H2,1H3. The minimum Gasteiger partial charge on any atom is -0.462 e. The largest absolute Gasteiger partial charge is 0.573 e. The Morgan fingerprint density at radius 2 is 1.74 bits per heavy atom. The van der Waals surface area contributed by atoms with Crippen LogP contribution >= 0.6 is 0 Å². The summed E-state index contributed by atoms with van der Waals surface area (Å²) in [6.07, 6.45) is -4.83. The van der Waals surface area contributed by atoms with E-state index in [9.17, 15) is 27.6 Å². The van der Waals surface area contributed by atoms with E-state index in [1.54, 1.807) is 6.92 Å². The van der Waals surface area contributed by atoms with Crippen LogP contribution in [0.3, 0.4) is 0 Å². The summed E-state index contributed by atoms with van der Waals surface area (Å²) < 4.78 is 45.4. The summed E-state index contributed by atoms with van der Waals surface area (Å²) in [7, 11) is 0. The Morgan fingerprint density at radius 1 is 1.10 bits per heavy atom. The second kappa shape index (κ2) is 9.17. The van der Waals surface area contributed by atoms with Gasteiger partial charge in [0.25, 0.3) is 5.91 Å². The van der Waals surface area contributed by atoms with E-state index in [-0.39, 0.29) is 25.3 Å². The molecule has 0 aliphatic carbocycles. The number of imide groups is 1. The van der Waals surface area contributed by atoms with Crippen LogP contribution in [0.4, 0.5) is 18.9 Å². The minimum atomic E-state index is -4.77. The van der Waals surface area contributed by atoms with E-state index in [2.05, 4.69) is 10.1 Å². The fraction of sp³-hybridized carbons (Fsp3) is 0.286. The normalized spacial score (nSPS) is 16.5. The lowest BCUT2D eigenvalue weighted by molar-refractivity contribution is -0.274. The van der Waals surface area contributed by atoms with Crippen LogP contribution in [0.2, 0.25) is 0 Å². The SMILES string of the molecule is CCOC(=O)c1ccc(N2C(=O)CC(NCc3ccc(OC(F)(F)F)cc3)C2=O)cc1. The molecule has 0 spiro atoms. The van der Waals surface area contributed by atoms with E-state index in [1.807, 2.05) is 0 Å². The number of halogens is 3. The van der Waals surface area contributed by atoms with E-state index >= 15 is 0 Å². The summed E-state index contributed by atoms with van der Waals surface area (Å²) in [5.41, 5.74) is 1.25. The molecule has 1 heterocycles. The van der Waals surface area contributed by atoms with Crippen molar-refractivity contribution < 1.29 is 37.0 Å². The van der Waals surface area contributed by atoms with Crippen molar-refractivity contribution in [3.8, 4) is 5.75 Å². The minimum absolute atomic E-state index is 0.0618. The Bertz CT molecular complexity index is 958. The lowest BCUT2D eigenvalue weighted by atomic mass is 10.2. The third kappa shape index (κ3) is 5.60. The molecule has 2 aromatic rings. The van der Waals surface area contributed by atoms with E-state index in [1.165, 1.54) is 48.5 Å². The average Bonchev–Trinajstić information content (AvgIpc) is 3.00. The fourth-order valence-corrected chi connectivity index (χ4v) is 3.07. The molecule has 1 fully saturated rings. The van der Waals surface area contributed by atoms with E-state index in [0.29, 0.717) is 16.8 Å². The number of hydrogen-bond donors (Lipinski definition) is 1. The number of nitrogens with zero attached hydrogens (tertiary/aromatic N) is 1. The summed E-state index contributed by atoms with van der Waals surface area (Å²) in [4.78, 5) is 37.8. The molecule has 0 bridgehead atoms. The molecule has 1 saturated heterocycles. The Labute approximate surface area is 175 Å². The number of ether oxygens (including phenoxy) is 2.